The first-order valence-corrected chi connectivity index (χ1v) is 9.63. The van der Waals surface area contributed by atoms with Gasteiger partial charge in [0, 0.05) is 5.02 Å². The fourth-order valence-electron chi connectivity index (χ4n) is 2.44. The van der Waals surface area contributed by atoms with E-state index >= 15 is 0 Å². The Kier molecular flexibility index (Phi) is 5.37. The zero-order valence-corrected chi connectivity index (χ0v) is 15.2. The molecule has 0 aliphatic carbocycles. The summed E-state index contributed by atoms with van der Waals surface area (Å²) in [7, 11) is -4.07. The third-order valence-corrected chi connectivity index (χ3v) is 4.86. The fraction of sp³-hybridized carbons (Fsp3) is 0.333. The quantitative estimate of drug-likeness (QED) is 0.769. The van der Waals surface area contributed by atoms with Crippen LogP contribution in [0, 0.1) is 0 Å². The van der Waals surface area contributed by atoms with E-state index in [1.165, 1.54) is 5.56 Å². The van der Waals surface area contributed by atoms with E-state index in [0.29, 0.717) is 17.0 Å². The van der Waals surface area contributed by atoms with Gasteiger partial charge in [-0.25, -0.2) is 0 Å². The molecule has 0 aromatic heterocycles. The Morgan fingerprint density at radius 2 is 1.57 bits per heavy atom. The Labute approximate surface area is 142 Å². The summed E-state index contributed by atoms with van der Waals surface area (Å²) in [4.78, 5) is 18.2. The van der Waals surface area contributed by atoms with Crippen LogP contribution in [0.2, 0.25) is 5.02 Å². The van der Waals surface area contributed by atoms with Gasteiger partial charge in [-0.05, 0) is 40.2 Å². The highest BCUT2D eigenvalue weighted by Crippen LogP contribution is 2.39. The molecular formula is C18H22ClO3P. The molecular weight excluding hydrogens is 331 g/mol. The van der Waals surface area contributed by atoms with Crippen molar-refractivity contribution in [3.8, 4) is 0 Å². The predicted molar refractivity (Wildman–Crippen MR) is 95.1 cm³/mol. The fourth-order valence-corrected chi connectivity index (χ4v) is 3.30. The minimum atomic E-state index is -4.07. The van der Waals surface area contributed by atoms with E-state index in [1.54, 1.807) is 18.2 Å². The summed E-state index contributed by atoms with van der Waals surface area (Å²) >= 11 is 6.23. The van der Waals surface area contributed by atoms with E-state index in [1.807, 2.05) is 0 Å². The molecule has 0 bridgehead atoms. The molecule has 2 rings (SSSR count). The summed E-state index contributed by atoms with van der Waals surface area (Å²) in [6.45, 7) is 6.51. The molecule has 2 N–H and O–H groups in total. The highest BCUT2D eigenvalue weighted by molar-refractivity contribution is 7.50. The maximum Gasteiger partial charge on any atom is 0.329 e. The number of benzene rings is 2. The molecule has 2 aromatic carbocycles. The first-order chi connectivity index (χ1) is 10.5. The van der Waals surface area contributed by atoms with E-state index in [4.69, 9.17) is 21.4 Å². The SMILES string of the molecule is CC(C)(C)c1ccc(Cc2cc(CP(=O)(O)O)ccc2Cl)cc1. The molecule has 0 amide bonds. The third-order valence-electron chi connectivity index (χ3n) is 3.71. The molecule has 23 heavy (non-hydrogen) atoms. The van der Waals surface area contributed by atoms with Crippen LogP contribution in [-0.2, 0) is 22.6 Å². The normalized spacial score (nSPS) is 12.4. The number of rotatable bonds is 4. The van der Waals surface area contributed by atoms with Gasteiger partial charge in [-0.3, -0.25) is 4.57 Å². The standard InChI is InChI=1S/C18H22ClO3P/c1-18(2,3)16-7-4-13(5-8-16)10-15-11-14(6-9-17(15)19)12-23(20,21)22/h4-9,11H,10,12H2,1-3H3,(H2,20,21,22). The largest absolute Gasteiger partial charge is 0.329 e. The summed E-state index contributed by atoms with van der Waals surface area (Å²) in [5.41, 5.74) is 3.97. The Hall–Kier alpha value is -1.12. The van der Waals surface area contributed by atoms with E-state index < -0.39 is 7.60 Å². The molecule has 0 fully saturated rings. The van der Waals surface area contributed by atoms with Crippen molar-refractivity contribution >= 4 is 19.2 Å². The van der Waals surface area contributed by atoms with Gasteiger partial charge in [-0.15, -0.1) is 0 Å². The van der Waals surface area contributed by atoms with Crippen LogP contribution in [0.1, 0.15) is 43.0 Å². The van der Waals surface area contributed by atoms with Crippen molar-refractivity contribution in [2.45, 2.75) is 38.8 Å². The van der Waals surface area contributed by atoms with E-state index in [0.717, 1.165) is 11.1 Å². The molecule has 0 heterocycles. The van der Waals surface area contributed by atoms with Gasteiger partial charge in [0.1, 0.15) is 0 Å². The first-order valence-electron chi connectivity index (χ1n) is 7.46. The molecule has 0 spiro atoms. The number of halogens is 1. The third kappa shape index (κ3) is 5.47. The lowest BCUT2D eigenvalue weighted by molar-refractivity contribution is 0.371. The Morgan fingerprint density at radius 1 is 1.00 bits per heavy atom. The van der Waals surface area contributed by atoms with Crippen LogP contribution in [-0.4, -0.2) is 9.79 Å². The Balaban J connectivity index is 2.22. The summed E-state index contributed by atoms with van der Waals surface area (Å²) < 4.78 is 11.1. The first kappa shape index (κ1) is 18.2. The van der Waals surface area contributed by atoms with Crippen molar-refractivity contribution < 1.29 is 14.4 Å². The molecule has 124 valence electrons. The smallest absolute Gasteiger partial charge is 0.324 e. The highest BCUT2D eigenvalue weighted by atomic mass is 35.5. The second-order valence-electron chi connectivity index (χ2n) is 6.87. The molecule has 0 radical (unpaired) electrons. The molecule has 0 unspecified atom stereocenters. The van der Waals surface area contributed by atoms with Crippen LogP contribution in [0.4, 0.5) is 0 Å². The summed E-state index contributed by atoms with van der Waals surface area (Å²) in [5, 5.41) is 0.611. The second kappa shape index (κ2) is 6.78. The van der Waals surface area contributed by atoms with Crippen molar-refractivity contribution in [3.63, 3.8) is 0 Å². The lowest BCUT2D eigenvalue weighted by atomic mass is 9.86. The Bertz CT molecular complexity index is 727. The monoisotopic (exact) mass is 352 g/mol. The highest BCUT2D eigenvalue weighted by Gasteiger charge is 2.16. The molecule has 0 saturated carbocycles. The summed E-state index contributed by atoms with van der Waals surface area (Å²) in [6.07, 6.45) is 0.373. The van der Waals surface area contributed by atoms with Crippen molar-refractivity contribution in [1.82, 2.24) is 0 Å². The minimum Gasteiger partial charge on any atom is -0.324 e. The van der Waals surface area contributed by atoms with Crippen molar-refractivity contribution in [1.29, 1.82) is 0 Å². The average molecular weight is 353 g/mol. The number of hydrogen-bond donors (Lipinski definition) is 2. The maximum atomic E-state index is 11.1. The predicted octanol–water partition coefficient (Wildman–Crippen LogP) is 4.91. The van der Waals surface area contributed by atoms with Gasteiger partial charge < -0.3 is 9.79 Å². The van der Waals surface area contributed by atoms with Gasteiger partial charge in [-0.1, -0.05) is 68.8 Å². The zero-order chi connectivity index (χ0) is 17.3. The van der Waals surface area contributed by atoms with Gasteiger partial charge >= 0.3 is 7.60 Å². The summed E-state index contributed by atoms with van der Waals surface area (Å²) in [6, 6.07) is 13.5. The van der Waals surface area contributed by atoms with Crippen LogP contribution in [0.15, 0.2) is 42.5 Å². The van der Waals surface area contributed by atoms with E-state index in [9.17, 15) is 4.57 Å². The van der Waals surface area contributed by atoms with E-state index in [2.05, 4.69) is 45.0 Å². The van der Waals surface area contributed by atoms with Crippen molar-refractivity contribution in [2.24, 2.45) is 0 Å². The lowest BCUT2D eigenvalue weighted by Gasteiger charge is -2.19. The van der Waals surface area contributed by atoms with Crippen LogP contribution >= 0.6 is 19.2 Å². The molecule has 0 saturated heterocycles. The molecule has 0 aliphatic rings. The van der Waals surface area contributed by atoms with Crippen LogP contribution in [0.3, 0.4) is 0 Å². The maximum absolute atomic E-state index is 11.1. The number of hydrogen-bond acceptors (Lipinski definition) is 1. The van der Waals surface area contributed by atoms with Gasteiger partial charge in [0.15, 0.2) is 0 Å². The van der Waals surface area contributed by atoms with Crippen LogP contribution in [0.25, 0.3) is 0 Å². The van der Waals surface area contributed by atoms with Gasteiger partial charge in [0.25, 0.3) is 0 Å². The van der Waals surface area contributed by atoms with Crippen LogP contribution < -0.4 is 0 Å². The zero-order valence-electron chi connectivity index (χ0n) is 13.6. The molecule has 3 nitrogen and oxygen atoms in total. The average Bonchev–Trinajstić information content (AvgIpc) is 2.40. The van der Waals surface area contributed by atoms with Crippen molar-refractivity contribution in [2.75, 3.05) is 0 Å². The topological polar surface area (TPSA) is 57.5 Å². The lowest BCUT2D eigenvalue weighted by Crippen LogP contribution is -2.10. The Morgan fingerprint density at radius 3 is 2.09 bits per heavy atom. The van der Waals surface area contributed by atoms with Crippen LogP contribution in [0.5, 0.6) is 0 Å². The van der Waals surface area contributed by atoms with Gasteiger partial charge in [0.05, 0.1) is 6.16 Å². The summed E-state index contributed by atoms with van der Waals surface area (Å²) in [5.74, 6) is 0. The second-order valence-corrected chi connectivity index (χ2v) is 8.93. The molecule has 0 aliphatic heterocycles. The van der Waals surface area contributed by atoms with Crippen molar-refractivity contribution in [3.05, 3.63) is 69.7 Å². The molecule has 2 aromatic rings. The van der Waals surface area contributed by atoms with E-state index in [-0.39, 0.29) is 11.6 Å². The van der Waals surface area contributed by atoms with Gasteiger partial charge in [0.2, 0.25) is 0 Å². The molecule has 5 heteroatoms. The van der Waals surface area contributed by atoms with Gasteiger partial charge in [-0.2, -0.15) is 0 Å². The molecule has 0 atom stereocenters. The minimum absolute atomic E-state index is 0.111.